The van der Waals surface area contributed by atoms with Crippen LogP contribution in [-0.2, 0) is 4.74 Å². The number of likely N-dealkylation sites (N-methyl/N-ethyl adjacent to an activating group) is 2. The molecular formula is C27H32F2N8O2. The average molecular weight is 539 g/mol. The maximum Gasteiger partial charge on any atom is 0.410 e. The number of aromatic nitrogens is 4. The number of nitrogens with one attached hydrogen (secondary N) is 1. The molecule has 0 radical (unpaired) electrons. The van der Waals surface area contributed by atoms with Crippen molar-refractivity contribution in [2.24, 2.45) is 0 Å². The number of anilines is 3. The summed E-state index contributed by atoms with van der Waals surface area (Å²) in [6.45, 7) is 5.17. The van der Waals surface area contributed by atoms with Gasteiger partial charge in [0.15, 0.2) is 5.82 Å². The molecule has 4 rings (SSSR count). The van der Waals surface area contributed by atoms with E-state index >= 15 is 8.78 Å². The van der Waals surface area contributed by atoms with Gasteiger partial charge in [0, 0.05) is 38.6 Å². The lowest BCUT2D eigenvalue weighted by atomic mass is 9.85. The number of hydrogen-bond donors (Lipinski definition) is 1. The molecule has 2 heterocycles. The fourth-order valence-corrected chi connectivity index (χ4v) is 4.68. The first-order chi connectivity index (χ1) is 18.4. The summed E-state index contributed by atoms with van der Waals surface area (Å²) in [5.41, 5.74) is 0.784. The summed E-state index contributed by atoms with van der Waals surface area (Å²) >= 11 is 0. The highest BCUT2D eigenvalue weighted by molar-refractivity contribution is 5.69. The molecule has 1 N–H and O–H groups in total. The molecule has 206 valence electrons. The van der Waals surface area contributed by atoms with E-state index in [1.165, 1.54) is 30.1 Å². The molecular weight excluding hydrogens is 506 g/mol. The van der Waals surface area contributed by atoms with Gasteiger partial charge in [-0.3, -0.25) is 0 Å². The Bertz CT molecular complexity index is 1350. The smallest absolute Gasteiger partial charge is 0.410 e. The second-order valence-electron chi connectivity index (χ2n) is 10.5. The van der Waals surface area contributed by atoms with E-state index in [0.717, 1.165) is 5.69 Å². The van der Waals surface area contributed by atoms with Crippen LogP contribution in [0.5, 0.6) is 0 Å². The van der Waals surface area contributed by atoms with Crippen molar-refractivity contribution in [3.63, 3.8) is 0 Å². The first kappa shape index (κ1) is 27.8. The van der Waals surface area contributed by atoms with Gasteiger partial charge in [-0.2, -0.15) is 15.3 Å². The molecule has 3 aromatic rings. The lowest BCUT2D eigenvalue weighted by molar-refractivity contribution is -0.0813. The molecule has 1 aromatic carbocycles. The standard InChI is InChI=1S/C27H32F2N8O2/c1-26(2,3)39-25(38)35(4)21-11-7-12-27(28,29)22(21)36(5)24-31-17-18(16-30)23(34-24)33-19-9-6-10-20(15-19)37-14-8-13-32-37/h6,8-10,13-15,17,21-22H,7,11-12H2,1-5H3,(H,31,33,34)/t21-,22-/m0/s1. The van der Waals surface area contributed by atoms with Crippen molar-refractivity contribution in [3.8, 4) is 11.8 Å². The van der Waals surface area contributed by atoms with Crippen LogP contribution in [0.25, 0.3) is 5.69 Å². The van der Waals surface area contributed by atoms with Crippen LogP contribution >= 0.6 is 0 Å². The van der Waals surface area contributed by atoms with Gasteiger partial charge in [0.1, 0.15) is 23.3 Å². The zero-order chi connectivity index (χ0) is 28.4. The molecule has 2 atom stereocenters. The summed E-state index contributed by atoms with van der Waals surface area (Å²) in [7, 11) is 2.95. The molecule has 1 amide bonds. The molecule has 0 spiro atoms. The van der Waals surface area contributed by atoms with Gasteiger partial charge in [0.2, 0.25) is 5.95 Å². The molecule has 39 heavy (non-hydrogen) atoms. The van der Waals surface area contributed by atoms with Crippen LogP contribution < -0.4 is 10.2 Å². The Morgan fingerprint density at radius 1 is 1.28 bits per heavy atom. The van der Waals surface area contributed by atoms with Crippen molar-refractivity contribution < 1.29 is 18.3 Å². The Labute approximate surface area is 226 Å². The highest BCUT2D eigenvalue weighted by atomic mass is 19.3. The minimum atomic E-state index is -3.13. The first-order valence-corrected chi connectivity index (χ1v) is 12.6. The van der Waals surface area contributed by atoms with Gasteiger partial charge in [0.05, 0.1) is 17.9 Å². The van der Waals surface area contributed by atoms with Crippen LogP contribution in [0.1, 0.15) is 45.6 Å². The summed E-state index contributed by atoms with van der Waals surface area (Å²) in [6, 6.07) is 8.88. The number of alkyl halides is 2. The van der Waals surface area contributed by atoms with Gasteiger partial charge < -0.3 is 19.9 Å². The number of rotatable bonds is 6. The number of nitriles is 1. The van der Waals surface area contributed by atoms with Crippen LogP contribution in [0.4, 0.5) is 31.0 Å². The van der Waals surface area contributed by atoms with Crippen LogP contribution in [0, 0.1) is 11.3 Å². The molecule has 0 unspecified atom stereocenters. The van der Waals surface area contributed by atoms with Crippen molar-refractivity contribution >= 4 is 23.5 Å². The Morgan fingerprint density at radius 3 is 2.72 bits per heavy atom. The van der Waals surface area contributed by atoms with Gasteiger partial charge in [0.25, 0.3) is 5.92 Å². The quantitative estimate of drug-likeness (QED) is 0.459. The minimum Gasteiger partial charge on any atom is -0.444 e. The zero-order valence-electron chi connectivity index (χ0n) is 22.6. The Morgan fingerprint density at radius 2 is 2.05 bits per heavy atom. The van der Waals surface area contributed by atoms with Crippen molar-refractivity contribution in [3.05, 3.63) is 54.5 Å². The van der Waals surface area contributed by atoms with E-state index in [1.807, 2.05) is 24.3 Å². The normalized spacial score (nSPS) is 18.6. The lowest BCUT2D eigenvalue weighted by Crippen LogP contribution is -2.62. The summed E-state index contributed by atoms with van der Waals surface area (Å²) in [5.74, 6) is -2.96. The maximum atomic E-state index is 15.4. The molecule has 1 saturated carbocycles. The number of amides is 1. The third kappa shape index (κ3) is 6.25. The summed E-state index contributed by atoms with van der Waals surface area (Å²) in [4.78, 5) is 24.0. The van der Waals surface area contributed by atoms with Gasteiger partial charge in [-0.15, -0.1) is 0 Å². The number of carbonyl (C=O) groups excluding carboxylic acids is 1. The molecule has 12 heteroatoms. The molecule has 1 aliphatic carbocycles. The number of carbonyl (C=O) groups is 1. The highest BCUT2D eigenvalue weighted by Gasteiger charge is 2.52. The summed E-state index contributed by atoms with van der Waals surface area (Å²) < 4.78 is 38.0. The lowest BCUT2D eigenvalue weighted by Gasteiger charge is -2.46. The largest absolute Gasteiger partial charge is 0.444 e. The maximum absolute atomic E-state index is 15.4. The predicted molar refractivity (Wildman–Crippen MR) is 142 cm³/mol. The van der Waals surface area contributed by atoms with Gasteiger partial charge in [-0.1, -0.05) is 6.07 Å². The van der Waals surface area contributed by atoms with Gasteiger partial charge >= 0.3 is 6.09 Å². The van der Waals surface area contributed by atoms with Crippen LogP contribution in [0.2, 0.25) is 0 Å². The molecule has 2 aromatic heterocycles. The minimum absolute atomic E-state index is 0.00565. The van der Waals surface area contributed by atoms with E-state index in [2.05, 4.69) is 20.4 Å². The third-order valence-corrected chi connectivity index (χ3v) is 6.49. The highest BCUT2D eigenvalue weighted by Crippen LogP contribution is 2.40. The van der Waals surface area contributed by atoms with Crippen LogP contribution in [-0.4, -0.2) is 68.4 Å². The Kier molecular flexibility index (Phi) is 7.72. The number of ether oxygens (including phenoxy) is 1. The van der Waals surface area contributed by atoms with Crippen molar-refractivity contribution in [1.29, 1.82) is 5.26 Å². The molecule has 10 nitrogen and oxygen atoms in total. The number of nitrogens with zero attached hydrogens (tertiary/aromatic N) is 7. The van der Waals surface area contributed by atoms with E-state index in [1.54, 1.807) is 50.0 Å². The average Bonchev–Trinajstić information content (AvgIpc) is 3.41. The molecule has 1 aliphatic rings. The van der Waals surface area contributed by atoms with E-state index in [-0.39, 0.29) is 30.2 Å². The molecule has 1 fully saturated rings. The van der Waals surface area contributed by atoms with Crippen molar-refractivity contribution in [2.75, 3.05) is 24.3 Å². The van der Waals surface area contributed by atoms with Crippen molar-refractivity contribution in [1.82, 2.24) is 24.6 Å². The second-order valence-corrected chi connectivity index (χ2v) is 10.5. The first-order valence-electron chi connectivity index (χ1n) is 12.6. The monoisotopic (exact) mass is 538 g/mol. The van der Waals surface area contributed by atoms with Crippen LogP contribution in [0.15, 0.2) is 48.9 Å². The summed E-state index contributed by atoms with van der Waals surface area (Å²) in [6.07, 6.45) is 4.37. The SMILES string of the molecule is CN(C(=O)OC(C)(C)C)[C@H]1CCCC(F)(F)[C@H]1N(C)c1ncc(C#N)c(Nc2cccc(-n3cccn3)c2)n1. The molecule has 0 aliphatic heterocycles. The predicted octanol–water partition coefficient (Wildman–Crippen LogP) is 5.14. The van der Waals surface area contributed by atoms with Crippen molar-refractivity contribution in [2.45, 2.75) is 63.6 Å². The van der Waals surface area contributed by atoms with Gasteiger partial charge in [-0.25, -0.2) is 23.2 Å². The van der Waals surface area contributed by atoms with E-state index in [4.69, 9.17) is 4.74 Å². The second kappa shape index (κ2) is 10.8. The van der Waals surface area contributed by atoms with E-state index in [0.29, 0.717) is 12.1 Å². The fourth-order valence-electron chi connectivity index (χ4n) is 4.68. The molecule has 0 saturated heterocycles. The topological polar surface area (TPSA) is 112 Å². The Hall–Kier alpha value is -4.27. The van der Waals surface area contributed by atoms with Crippen LogP contribution in [0.3, 0.4) is 0 Å². The fraction of sp³-hybridized carbons (Fsp3) is 0.444. The van der Waals surface area contributed by atoms with E-state index < -0.39 is 29.7 Å². The zero-order valence-corrected chi connectivity index (χ0v) is 22.6. The number of halogens is 2. The summed E-state index contributed by atoms with van der Waals surface area (Å²) in [5, 5.41) is 17.0. The van der Waals surface area contributed by atoms with Gasteiger partial charge in [-0.05, 0) is 57.9 Å². The third-order valence-electron chi connectivity index (χ3n) is 6.49. The molecule has 0 bridgehead atoms. The number of hydrogen-bond acceptors (Lipinski definition) is 8. The number of benzene rings is 1. The van der Waals surface area contributed by atoms with E-state index in [9.17, 15) is 10.1 Å². The Balaban J connectivity index is 1.64.